The average Bonchev–Trinajstić information content (AvgIpc) is 2.40. The van der Waals surface area contributed by atoms with Gasteiger partial charge in [-0.25, -0.2) is 0 Å². The van der Waals surface area contributed by atoms with Gasteiger partial charge in [0.2, 0.25) is 0 Å². The van der Waals surface area contributed by atoms with E-state index in [1.165, 1.54) is 12.1 Å². The zero-order valence-electron chi connectivity index (χ0n) is 9.65. The van der Waals surface area contributed by atoms with Crippen molar-refractivity contribution in [3.63, 3.8) is 0 Å². The minimum absolute atomic E-state index is 0.0399. The van der Waals surface area contributed by atoms with Crippen molar-refractivity contribution in [2.45, 2.75) is 0 Å². The van der Waals surface area contributed by atoms with Gasteiger partial charge in [0.05, 0.1) is 14.2 Å². The maximum atomic E-state index is 10.5. The summed E-state index contributed by atoms with van der Waals surface area (Å²) >= 11 is 2.03. The second kappa shape index (κ2) is 5.79. The molecule has 0 spiro atoms. The lowest BCUT2D eigenvalue weighted by Gasteiger charge is -1.98. The maximum absolute atomic E-state index is 10.5. The van der Waals surface area contributed by atoms with Gasteiger partial charge >= 0.3 is 0 Å². The highest BCUT2D eigenvalue weighted by atomic mass is 127. The molecule has 2 aromatic carbocycles. The molecule has 0 aliphatic rings. The van der Waals surface area contributed by atoms with Crippen LogP contribution in [0.15, 0.2) is 47.5 Å². The van der Waals surface area contributed by atoms with Crippen LogP contribution < -0.4 is 0 Å². The Kier molecular flexibility index (Phi) is 4.10. The summed E-state index contributed by atoms with van der Waals surface area (Å²) in [7, 11) is 0. The van der Waals surface area contributed by atoms with Crippen molar-refractivity contribution in [3.05, 3.63) is 61.7 Å². The van der Waals surface area contributed by atoms with Gasteiger partial charge in [0, 0.05) is 18.3 Å². The zero-order chi connectivity index (χ0) is 13.8. The fraction of sp³-hybridized carbons (Fsp3) is 0. The molecule has 0 aromatic heterocycles. The van der Waals surface area contributed by atoms with E-state index in [2.05, 4.69) is 4.99 Å². The van der Waals surface area contributed by atoms with Crippen molar-refractivity contribution in [2.75, 3.05) is 0 Å². The largest absolute Gasteiger partial charge is 0.507 e. The highest BCUT2D eigenvalue weighted by Crippen LogP contribution is 2.21. The third-order valence-electron chi connectivity index (χ3n) is 2.39. The number of aliphatic imine (C=N–C) groups is 1. The zero-order valence-corrected chi connectivity index (χ0v) is 11.8. The molecule has 0 unspecified atom stereocenters. The molecule has 0 aliphatic heterocycles. The molecule has 0 atom stereocenters. The molecule has 0 saturated heterocycles. The summed E-state index contributed by atoms with van der Waals surface area (Å²) in [4.78, 5) is 14.3. The molecular formula is C13H9IN2O3. The van der Waals surface area contributed by atoms with E-state index in [-0.39, 0.29) is 11.4 Å². The predicted octanol–water partition coefficient (Wildman–Crippen LogP) is 3.66. The maximum Gasteiger partial charge on any atom is 0.269 e. The summed E-state index contributed by atoms with van der Waals surface area (Å²) in [6.45, 7) is 0. The number of hydrogen-bond donors (Lipinski definition) is 1. The molecule has 0 saturated carbocycles. The number of non-ortho nitro benzene ring substituents is 1. The fourth-order valence-electron chi connectivity index (χ4n) is 1.41. The number of phenols is 1. The molecule has 19 heavy (non-hydrogen) atoms. The van der Waals surface area contributed by atoms with Crippen LogP contribution in [0.4, 0.5) is 11.4 Å². The number of benzene rings is 2. The van der Waals surface area contributed by atoms with E-state index < -0.39 is 4.92 Å². The van der Waals surface area contributed by atoms with Crippen LogP contribution in [-0.4, -0.2) is 16.2 Å². The van der Waals surface area contributed by atoms with Gasteiger partial charge in [0.15, 0.2) is 0 Å². The number of nitrogens with zero attached hydrogens (tertiary/aromatic N) is 2. The molecule has 96 valence electrons. The van der Waals surface area contributed by atoms with Gasteiger partial charge in [-0.2, -0.15) is 0 Å². The Labute approximate surface area is 122 Å². The first-order chi connectivity index (χ1) is 9.06. The summed E-state index contributed by atoms with van der Waals surface area (Å²) in [6.07, 6.45) is 1.64. The first-order valence-electron chi connectivity index (χ1n) is 5.33. The first kappa shape index (κ1) is 13.5. The van der Waals surface area contributed by atoms with Gasteiger partial charge in [-0.3, -0.25) is 15.1 Å². The summed E-state index contributed by atoms with van der Waals surface area (Å²) in [5.41, 5.74) is 1.52. The molecule has 0 aliphatic carbocycles. The van der Waals surface area contributed by atoms with Gasteiger partial charge in [-0.15, -0.1) is 0 Å². The highest BCUT2D eigenvalue weighted by Gasteiger charge is 2.02. The van der Waals surface area contributed by atoms with E-state index >= 15 is 0 Å². The third-order valence-corrected chi connectivity index (χ3v) is 3.26. The number of nitro benzene ring substituents is 1. The molecule has 5 nitrogen and oxygen atoms in total. The van der Waals surface area contributed by atoms with Crippen molar-refractivity contribution in [2.24, 2.45) is 4.99 Å². The smallest absolute Gasteiger partial charge is 0.269 e. The quantitative estimate of drug-likeness (QED) is 0.389. The van der Waals surface area contributed by atoms with Gasteiger partial charge in [-0.05, 0) is 58.5 Å². The Morgan fingerprint density at radius 2 is 1.89 bits per heavy atom. The number of aromatic hydroxyl groups is 1. The van der Waals surface area contributed by atoms with E-state index in [1.54, 1.807) is 36.5 Å². The Balaban J connectivity index is 2.17. The molecule has 2 rings (SSSR count). The lowest BCUT2D eigenvalue weighted by atomic mass is 10.2. The number of nitro groups is 1. The van der Waals surface area contributed by atoms with E-state index in [4.69, 9.17) is 0 Å². The monoisotopic (exact) mass is 368 g/mol. The Bertz CT molecular complexity index is 639. The second-order valence-corrected chi connectivity index (χ2v) is 4.90. The van der Waals surface area contributed by atoms with Crippen molar-refractivity contribution in [1.29, 1.82) is 0 Å². The van der Waals surface area contributed by atoms with Crippen LogP contribution in [0.3, 0.4) is 0 Å². The van der Waals surface area contributed by atoms with Crippen LogP contribution in [-0.2, 0) is 0 Å². The Morgan fingerprint density at radius 3 is 2.47 bits per heavy atom. The van der Waals surface area contributed by atoms with Crippen LogP contribution in [0.1, 0.15) is 5.56 Å². The summed E-state index contributed by atoms with van der Waals surface area (Å²) in [6, 6.07) is 11.1. The van der Waals surface area contributed by atoms with Crippen LogP contribution in [0, 0.1) is 13.7 Å². The van der Waals surface area contributed by atoms with E-state index in [0.29, 0.717) is 5.69 Å². The topological polar surface area (TPSA) is 75.7 Å². The minimum Gasteiger partial charge on any atom is -0.507 e. The van der Waals surface area contributed by atoms with Crippen molar-refractivity contribution in [1.82, 2.24) is 0 Å². The van der Waals surface area contributed by atoms with Gasteiger partial charge < -0.3 is 5.11 Å². The molecule has 0 fully saturated rings. The second-order valence-electron chi connectivity index (χ2n) is 3.74. The molecule has 1 N–H and O–H groups in total. The van der Waals surface area contributed by atoms with Crippen LogP contribution in [0.25, 0.3) is 0 Å². The number of rotatable bonds is 3. The van der Waals surface area contributed by atoms with Gasteiger partial charge in [-0.1, -0.05) is 0 Å². The van der Waals surface area contributed by atoms with Crippen molar-refractivity contribution in [3.8, 4) is 5.75 Å². The summed E-state index contributed by atoms with van der Waals surface area (Å²) < 4.78 is 0.741. The van der Waals surface area contributed by atoms with Crippen molar-refractivity contribution < 1.29 is 10.0 Å². The third kappa shape index (κ3) is 3.50. The average molecular weight is 368 g/mol. The van der Waals surface area contributed by atoms with Crippen LogP contribution >= 0.6 is 22.6 Å². The van der Waals surface area contributed by atoms with Crippen LogP contribution in [0.5, 0.6) is 5.75 Å². The number of phenolic OH excluding ortho intramolecular Hbond substituents is 1. The van der Waals surface area contributed by atoms with E-state index in [1.807, 2.05) is 22.6 Å². The molecule has 6 heteroatoms. The van der Waals surface area contributed by atoms with E-state index in [9.17, 15) is 15.2 Å². The SMILES string of the molecule is O=[N+]([O-])c1ccc(N=Cc2ccc(O)c(I)c2)cc1. The first-order valence-corrected chi connectivity index (χ1v) is 6.41. The molecule has 0 heterocycles. The molecule has 0 radical (unpaired) electrons. The highest BCUT2D eigenvalue weighted by molar-refractivity contribution is 14.1. The molecule has 0 bridgehead atoms. The summed E-state index contributed by atoms with van der Waals surface area (Å²) in [5, 5.41) is 19.9. The lowest BCUT2D eigenvalue weighted by molar-refractivity contribution is -0.384. The normalized spacial score (nSPS) is 10.8. The van der Waals surface area contributed by atoms with E-state index in [0.717, 1.165) is 9.13 Å². The Hall–Kier alpha value is -1.96. The van der Waals surface area contributed by atoms with Crippen LogP contribution in [0.2, 0.25) is 0 Å². The molecule has 2 aromatic rings. The van der Waals surface area contributed by atoms with Gasteiger partial charge in [0.1, 0.15) is 5.75 Å². The minimum atomic E-state index is -0.449. The summed E-state index contributed by atoms with van der Waals surface area (Å²) in [5.74, 6) is 0.230. The number of halogens is 1. The number of hydrogen-bond acceptors (Lipinski definition) is 4. The lowest BCUT2D eigenvalue weighted by Crippen LogP contribution is -1.86. The Morgan fingerprint density at radius 1 is 1.21 bits per heavy atom. The van der Waals surface area contributed by atoms with Crippen molar-refractivity contribution >= 4 is 40.2 Å². The predicted molar refractivity (Wildman–Crippen MR) is 81.2 cm³/mol. The van der Waals surface area contributed by atoms with Gasteiger partial charge in [0.25, 0.3) is 5.69 Å². The molecule has 0 amide bonds. The standard InChI is InChI=1S/C13H9IN2O3/c14-12-7-9(1-6-13(12)17)8-15-10-2-4-11(5-3-10)16(18)19/h1-8,17H. The fourth-order valence-corrected chi connectivity index (χ4v) is 1.95. The molecular weight excluding hydrogens is 359 g/mol.